The fourth-order valence-corrected chi connectivity index (χ4v) is 3.30. The molecule has 7 nitrogen and oxygen atoms in total. The number of methoxy groups -OCH3 is 1. The number of ether oxygens (including phenoxy) is 2. The Bertz CT molecular complexity index is 852. The van der Waals surface area contributed by atoms with Gasteiger partial charge in [0, 0.05) is 0 Å². The lowest BCUT2D eigenvalue weighted by Gasteiger charge is -2.27. The molecule has 1 N–H and O–H groups in total. The van der Waals surface area contributed by atoms with Crippen LogP contribution >= 0.6 is 0 Å². The first-order chi connectivity index (χ1) is 13.0. The normalized spacial score (nSPS) is 16.7. The van der Waals surface area contributed by atoms with Crippen molar-refractivity contribution in [2.45, 2.75) is 38.3 Å². The van der Waals surface area contributed by atoms with E-state index >= 15 is 0 Å². The molecule has 0 saturated heterocycles. The highest BCUT2D eigenvalue weighted by Gasteiger charge is 2.26. The third-order valence-corrected chi connectivity index (χ3v) is 4.72. The fourth-order valence-electron chi connectivity index (χ4n) is 3.30. The van der Waals surface area contributed by atoms with E-state index in [1.54, 1.807) is 13.0 Å². The molecule has 142 valence electrons. The number of benzene rings is 2. The number of amides is 1. The van der Waals surface area contributed by atoms with E-state index in [-0.39, 0.29) is 23.4 Å². The van der Waals surface area contributed by atoms with Crippen LogP contribution in [0.25, 0.3) is 0 Å². The van der Waals surface area contributed by atoms with E-state index in [2.05, 4.69) is 11.4 Å². The number of nitrogens with one attached hydrogen (secondary N) is 1. The van der Waals surface area contributed by atoms with Gasteiger partial charge < -0.3 is 14.8 Å². The van der Waals surface area contributed by atoms with Gasteiger partial charge >= 0.3 is 5.69 Å². The summed E-state index contributed by atoms with van der Waals surface area (Å²) in [4.78, 5) is 23.3. The molecule has 2 atom stereocenters. The van der Waals surface area contributed by atoms with Gasteiger partial charge in [0.05, 0.1) is 24.1 Å². The summed E-state index contributed by atoms with van der Waals surface area (Å²) in [6.07, 6.45) is 2.00. The second-order valence-electron chi connectivity index (χ2n) is 6.50. The van der Waals surface area contributed by atoms with Crippen LogP contribution in [-0.2, 0) is 11.2 Å². The van der Waals surface area contributed by atoms with Crippen LogP contribution in [0.3, 0.4) is 0 Å². The SMILES string of the molecule is COc1ccc(O[C@@H](C)C(=O)N[C@H]2CCCc3ccccc32)c([N+](=O)[O-])c1. The Kier molecular flexibility index (Phi) is 5.59. The van der Waals surface area contributed by atoms with E-state index in [9.17, 15) is 14.9 Å². The van der Waals surface area contributed by atoms with Crippen molar-refractivity contribution < 1.29 is 19.2 Å². The summed E-state index contributed by atoms with van der Waals surface area (Å²) in [5.74, 6) is 0.0827. The minimum atomic E-state index is -0.869. The number of hydrogen-bond donors (Lipinski definition) is 1. The standard InChI is InChI=1S/C20H22N2O5/c1-13(27-19-11-10-15(26-2)12-18(19)22(24)25)20(23)21-17-9-5-7-14-6-3-4-8-16(14)17/h3-4,6,8,10-13,17H,5,7,9H2,1-2H3,(H,21,23)/t13-,17-/m0/s1. The zero-order chi connectivity index (χ0) is 19.4. The van der Waals surface area contributed by atoms with Gasteiger partial charge in [0.25, 0.3) is 5.91 Å². The number of carbonyl (C=O) groups is 1. The molecule has 2 aromatic carbocycles. The lowest BCUT2D eigenvalue weighted by molar-refractivity contribution is -0.386. The topological polar surface area (TPSA) is 90.7 Å². The fraction of sp³-hybridized carbons (Fsp3) is 0.350. The zero-order valence-corrected chi connectivity index (χ0v) is 15.3. The maximum absolute atomic E-state index is 12.6. The van der Waals surface area contributed by atoms with Gasteiger partial charge in [0.15, 0.2) is 11.9 Å². The number of fused-ring (bicyclic) bond motifs is 1. The molecule has 1 aliphatic rings. The minimum Gasteiger partial charge on any atom is -0.496 e. The molecule has 0 unspecified atom stereocenters. The second-order valence-corrected chi connectivity index (χ2v) is 6.50. The summed E-state index contributed by atoms with van der Waals surface area (Å²) < 4.78 is 10.6. The maximum Gasteiger partial charge on any atom is 0.314 e. The van der Waals surface area contributed by atoms with E-state index in [0.717, 1.165) is 24.8 Å². The predicted molar refractivity (Wildman–Crippen MR) is 100 cm³/mol. The van der Waals surface area contributed by atoms with Crippen molar-refractivity contribution in [3.05, 3.63) is 63.7 Å². The summed E-state index contributed by atoms with van der Waals surface area (Å²) in [5, 5.41) is 14.3. The van der Waals surface area contributed by atoms with Crippen molar-refractivity contribution in [1.29, 1.82) is 0 Å². The maximum atomic E-state index is 12.6. The Morgan fingerprint density at radius 2 is 2.07 bits per heavy atom. The third kappa shape index (κ3) is 4.19. The molecule has 0 spiro atoms. The van der Waals surface area contributed by atoms with Crippen LogP contribution in [0, 0.1) is 10.1 Å². The molecule has 0 aliphatic heterocycles. The molecule has 1 amide bonds. The van der Waals surface area contributed by atoms with Crippen LogP contribution in [0.1, 0.15) is 36.9 Å². The van der Waals surface area contributed by atoms with Crippen molar-refractivity contribution in [2.75, 3.05) is 7.11 Å². The van der Waals surface area contributed by atoms with Crippen LogP contribution in [-0.4, -0.2) is 24.0 Å². The summed E-state index contributed by atoms with van der Waals surface area (Å²) in [6, 6.07) is 12.3. The quantitative estimate of drug-likeness (QED) is 0.620. The Hall–Kier alpha value is -3.09. The number of nitro groups is 1. The highest BCUT2D eigenvalue weighted by Crippen LogP contribution is 2.32. The van der Waals surface area contributed by atoms with Gasteiger partial charge in [0.2, 0.25) is 0 Å². The summed E-state index contributed by atoms with van der Waals surface area (Å²) in [5.41, 5.74) is 2.13. The predicted octanol–water partition coefficient (Wildman–Crippen LogP) is 3.56. The lowest BCUT2D eigenvalue weighted by atomic mass is 9.87. The number of nitrogens with zero attached hydrogens (tertiary/aromatic N) is 1. The van der Waals surface area contributed by atoms with Gasteiger partial charge in [0.1, 0.15) is 5.75 Å². The molecule has 0 heterocycles. The van der Waals surface area contributed by atoms with Gasteiger partial charge in [-0.25, -0.2) is 0 Å². The van der Waals surface area contributed by atoms with Gasteiger partial charge in [-0.15, -0.1) is 0 Å². The Morgan fingerprint density at radius 1 is 1.30 bits per heavy atom. The first-order valence-corrected chi connectivity index (χ1v) is 8.87. The Balaban J connectivity index is 1.71. The first kappa shape index (κ1) is 18.7. The van der Waals surface area contributed by atoms with Crippen LogP contribution < -0.4 is 14.8 Å². The van der Waals surface area contributed by atoms with Crippen LogP contribution in [0.4, 0.5) is 5.69 Å². The van der Waals surface area contributed by atoms with E-state index in [0.29, 0.717) is 5.75 Å². The van der Waals surface area contributed by atoms with Crippen molar-refractivity contribution >= 4 is 11.6 Å². The number of rotatable bonds is 6. The highest BCUT2D eigenvalue weighted by atomic mass is 16.6. The van der Waals surface area contributed by atoms with Gasteiger partial charge in [-0.05, 0) is 49.4 Å². The molecule has 3 rings (SSSR count). The molecule has 2 aromatic rings. The molecule has 7 heteroatoms. The largest absolute Gasteiger partial charge is 0.496 e. The molecule has 0 aromatic heterocycles. The van der Waals surface area contributed by atoms with Crippen molar-refractivity contribution in [3.8, 4) is 11.5 Å². The highest BCUT2D eigenvalue weighted by molar-refractivity contribution is 5.81. The summed E-state index contributed by atoms with van der Waals surface area (Å²) >= 11 is 0. The molecule has 27 heavy (non-hydrogen) atoms. The van der Waals surface area contributed by atoms with Gasteiger partial charge in [-0.2, -0.15) is 0 Å². The van der Waals surface area contributed by atoms with E-state index < -0.39 is 11.0 Å². The third-order valence-electron chi connectivity index (χ3n) is 4.72. The van der Waals surface area contributed by atoms with E-state index in [4.69, 9.17) is 9.47 Å². The molecule has 0 fully saturated rings. The van der Waals surface area contributed by atoms with Gasteiger partial charge in [-0.3, -0.25) is 14.9 Å². The zero-order valence-electron chi connectivity index (χ0n) is 15.3. The summed E-state index contributed by atoms with van der Waals surface area (Å²) in [7, 11) is 1.43. The van der Waals surface area contributed by atoms with Crippen molar-refractivity contribution in [2.24, 2.45) is 0 Å². The number of aryl methyl sites for hydroxylation is 1. The minimum absolute atomic E-state index is 0.0347. The Labute approximate surface area is 157 Å². The molecule has 0 saturated carbocycles. The second kappa shape index (κ2) is 8.07. The molecule has 0 radical (unpaired) electrons. The Morgan fingerprint density at radius 3 is 2.81 bits per heavy atom. The number of carbonyl (C=O) groups excluding carboxylic acids is 1. The number of hydrogen-bond acceptors (Lipinski definition) is 5. The smallest absolute Gasteiger partial charge is 0.314 e. The molecule has 0 bridgehead atoms. The van der Waals surface area contributed by atoms with Crippen molar-refractivity contribution in [3.63, 3.8) is 0 Å². The molecular formula is C20H22N2O5. The lowest BCUT2D eigenvalue weighted by Crippen LogP contribution is -2.39. The first-order valence-electron chi connectivity index (χ1n) is 8.87. The summed E-state index contributed by atoms with van der Waals surface area (Å²) in [6.45, 7) is 1.58. The van der Waals surface area contributed by atoms with Gasteiger partial charge in [-0.1, -0.05) is 24.3 Å². The van der Waals surface area contributed by atoms with Crippen LogP contribution in [0.5, 0.6) is 11.5 Å². The average Bonchev–Trinajstić information content (AvgIpc) is 2.68. The van der Waals surface area contributed by atoms with Crippen LogP contribution in [0.15, 0.2) is 42.5 Å². The molecular weight excluding hydrogens is 348 g/mol. The van der Waals surface area contributed by atoms with Crippen molar-refractivity contribution in [1.82, 2.24) is 5.32 Å². The molecule has 1 aliphatic carbocycles. The van der Waals surface area contributed by atoms with E-state index in [1.165, 1.54) is 24.8 Å². The van der Waals surface area contributed by atoms with E-state index in [1.807, 2.05) is 18.2 Å². The average molecular weight is 370 g/mol. The monoisotopic (exact) mass is 370 g/mol. The van der Waals surface area contributed by atoms with Crippen LogP contribution in [0.2, 0.25) is 0 Å². The number of nitro benzene ring substituents is 1.